The summed E-state index contributed by atoms with van der Waals surface area (Å²) in [6.45, 7) is 4.66. The van der Waals surface area contributed by atoms with Crippen molar-refractivity contribution in [2.24, 2.45) is 0 Å². The van der Waals surface area contributed by atoms with Gasteiger partial charge in [-0.25, -0.2) is 15.0 Å². The van der Waals surface area contributed by atoms with Gasteiger partial charge in [-0.15, -0.1) is 0 Å². The molecule has 12 heteroatoms. The van der Waals surface area contributed by atoms with Crippen LogP contribution in [0.3, 0.4) is 0 Å². The molecule has 41 heavy (non-hydrogen) atoms. The Kier molecular flexibility index (Phi) is 7.96. The molecule has 214 valence electrons. The molecule has 2 N–H and O–H groups in total. The van der Waals surface area contributed by atoms with Gasteiger partial charge in [-0.05, 0) is 56.6 Å². The Balaban J connectivity index is 1.29. The van der Waals surface area contributed by atoms with Crippen molar-refractivity contribution in [2.75, 3.05) is 51.6 Å². The van der Waals surface area contributed by atoms with Gasteiger partial charge < -0.3 is 25.0 Å². The zero-order valence-electron chi connectivity index (χ0n) is 22.9. The molecule has 2 aliphatic rings. The largest absolute Gasteiger partial charge is 0.359 e. The summed E-state index contributed by atoms with van der Waals surface area (Å²) >= 11 is 12.9. The number of nitrogens with zero attached hydrogens (tertiary/aromatic N) is 6. The quantitative estimate of drug-likeness (QED) is 0.317. The van der Waals surface area contributed by atoms with Crippen LogP contribution in [0, 0.1) is 0 Å². The molecule has 2 saturated heterocycles. The van der Waals surface area contributed by atoms with Crippen molar-refractivity contribution in [1.29, 1.82) is 0 Å². The van der Waals surface area contributed by atoms with Gasteiger partial charge in [-0.3, -0.25) is 9.59 Å². The summed E-state index contributed by atoms with van der Waals surface area (Å²) in [6.07, 6.45) is 4.30. The highest BCUT2D eigenvalue weighted by Gasteiger charge is 2.25. The molecule has 0 radical (unpaired) electrons. The second kappa shape index (κ2) is 11.8. The molecule has 0 aliphatic carbocycles. The Hall–Kier alpha value is -3.47. The molecule has 4 aromatic rings. The average molecular weight is 596 g/mol. The number of anilines is 1. The van der Waals surface area contributed by atoms with Crippen LogP contribution in [0.4, 0.5) is 5.82 Å². The number of carbonyl (C=O) groups excluding carboxylic acids is 2. The maximum atomic E-state index is 13.1. The Morgan fingerprint density at radius 3 is 2.54 bits per heavy atom. The van der Waals surface area contributed by atoms with Crippen molar-refractivity contribution < 1.29 is 9.59 Å². The molecule has 6 rings (SSSR count). The monoisotopic (exact) mass is 594 g/mol. The number of H-pyrrole nitrogens is 1. The number of halogens is 2. The average Bonchev–Trinajstić information content (AvgIpc) is 3.65. The summed E-state index contributed by atoms with van der Waals surface area (Å²) in [7, 11) is 2.07. The van der Waals surface area contributed by atoms with E-state index in [1.165, 1.54) is 6.33 Å². The zero-order valence-corrected chi connectivity index (χ0v) is 24.4. The molecule has 2 aliphatic heterocycles. The number of likely N-dealkylation sites (N-methyl/N-ethyl adjacent to an activating group) is 1. The summed E-state index contributed by atoms with van der Waals surface area (Å²) in [4.78, 5) is 49.3. The standard InChI is InChI=1S/C29H32Cl2N8O2/c1-37-10-12-38(13-11-37)26(40)7-6-23(28-34-22-5-4-18(30)14-25(22)36-28)35-27-20-15-21(31)19(16-24(20)32-17-33-27)29(41)39-8-2-3-9-39/h4-5,14-17,23H,2-3,6-13H2,1H3,(H,34,36)(H,32,33,35). The van der Waals surface area contributed by atoms with E-state index >= 15 is 0 Å². The lowest BCUT2D eigenvalue weighted by atomic mass is 10.1. The van der Waals surface area contributed by atoms with Gasteiger partial charge in [0.05, 0.1) is 33.2 Å². The maximum absolute atomic E-state index is 13.1. The molecule has 0 spiro atoms. The number of rotatable bonds is 7. The number of aromatic nitrogens is 4. The molecule has 1 unspecified atom stereocenters. The van der Waals surface area contributed by atoms with E-state index in [1.807, 2.05) is 28.0 Å². The molecule has 2 aromatic carbocycles. The Morgan fingerprint density at radius 2 is 1.76 bits per heavy atom. The van der Waals surface area contributed by atoms with E-state index in [4.69, 9.17) is 28.2 Å². The minimum absolute atomic E-state index is 0.0799. The molecular formula is C29H32Cl2N8O2. The number of carbonyl (C=O) groups is 2. The Morgan fingerprint density at radius 1 is 0.976 bits per heavy atom. The van der Waals surface area contributed by atoms with Crippen molar-refractivity contribution in [3.63, 3.8) is 0 Å². The van der Waals surface area contributed by atoms with Crippen molar-refractivity contribution >= 4 is 62.8 Å². The number of hydrogen-bond acceptors (Lipinski definition) is 7. The van der Waals surface area contributed by atoms with Crippen LogP contribution in [0.5, 0.6) is 0 Å². The molecule has 0 bridgehead atoms. The number of benzene rings is 2. The van der Waals surface area contributed by atoms with E-state index in [0.29, 0.717) is 51.0 Å². The number of amides is 2. The van der Waals surface area contributed by atoms with Crippen LogP contribution in [0.15, 0.2) is 36.7 Å². The van der Waals surface area contributed by atoms with Gasteiger partial charge in [0, 0.05) is 56.1 Å². The highest BCUT2D eigenvalue weighted by atomic mass is 35.5. The fourth-order valence-electron chi connectivity index (χ4n) is 5.53. The Bertz CT molecular complexity index is 1590. The summed E-state index contributed by atoms with van der Waals surface area (Å²) < 4.78 is 0. The van der Waals surface area contributed by atoms with Crippen molar-refractivity contribution in [3.8, 4) is 0 Å². The lowest BCUT2D eigenvalue weighted by Crippen LogP contribution is -2.47. The normalized spacial score (nSPS) is 17.0. The molecule has 2 fully saturated rings. The van der Waals surface area contributed by atoms with Crippen LogP contribution in [0.2, 0.25) is 10.0 Å². The van der Waals surface area contributed by atoms with E-state index < -0.39 is 0 Å². The topological polar surface area (TPSA) is 110 Å². The third-order valence-corrected chi connectivity index (χ3v) is 8.50. The molecule has 2 amide bonds. The van der Waals surface area contributed by atoms with E-state index in [0.717, 1.165) is 63.1 Å². The summed E-state index contributed by atoms with van der Waals surface area (Å²) in [5, 5.41) is 5.14. The van der Waals surface area contributed by atoms with Crippen LogP contribution in [-0.4, -0.2) is 92.8 Å². The summed E-state index contributed by atoms with van der Waals surface area (Å²) in [6, 6.07) is 8.63. The SMILES string of the molecule is CN1CCN(C(=O)CCC(Nc2ncnc3cc(C(=O)N4CCCC4)c(Cl)cc23)c2nc3cc(Cl)ccc3[nH]2)CC1. The molecular weight excluding hydrogens is 563 g/mol. The maximum Gasteiger partial charge on any atom is 0.255 e. The predicted octanol–water partition coefficient (Wildman–Crippen LogP) is 4.76. The number of imidazole rings is 1. The van der Waals surface area contributed by atoms with Gasteiger partial charge in [0.15, 0.2) is 0 Å². The van der Waals surface area contributed by atoms with Crippen molar-refractivity contribution in [3.05, 3.63) is 58.1 Å². The number of likely N-dealkylation sites (tertiary alicyclic amines) is 1. The zero-order chi connectivity index (χ0) is 28.5. The molecule has 0 saturated carbocycles. The predicted molar refractivity (Wildman–Crippen MR) is 160 cm³/mol. The van der Waals surface area contributed by atoms with Crippen LogP contribution in [0.25, 0.3) is 21.9 Å². The lowest BCUT2D eigenvalue weighted by Gasteiger charge is -2.32. The minimum atomic E-state index is -0.361. The van der Waals surface area contributed by atoms with Gasteiger partial charge in [-0.1, -0.05) is 23.2 Å². The third kappa shape index (κ3) is 5.95. The minimum Gasteiger partial charge on any atom is -0.359 e. The first-order chi connectivity index (χ1) is 19.9. The number of fused-ring (bicyclic) bond motifs is 2. The highest BCUT2D eigenvalue weighted by Crippen LogP contribution is 2.32. The van der Waals surface area contributed by atoms with Crippen LogP contribution in [0.1, 0.15) is 47.9 Å². The van der Waals surface area contributed by atoms with E-state index in [9.17, 15) is 9.59 Å². The van der Waals surface area contributed by atoms with Crippen molar-refractivity contribution in [1.82, 2.24) is 34.6 Å². The van der Waals surface area contributed by atoms with Gasteiger partial charge in [0.25, 0.3) is 5.91 Å². The highest BCUT2D eigenvalue weighted by molar-refractivity contribution is 6.35. The van der Waals surface area contributed by atoms with Crippen LogP contribution < -0.4 is 5.32 Å². The first-order valence-corrected chi connectivity index (χ1v) is 14.7. The second-order valence-corrected chi connectivity index (χ2v) is 11.6. The number of piperazine rings is 1. The van der Waals surface area contributed by atoms with Crippen LogP contribution >= 0.6 is 23.2 Å². The first-order valence-electron chi connectivity index (χ1n) is 14.0. The van der Waals surface area contributed by atoms with Crippen molar-refractivity contribution in [2.45, 2.75) is 31.7 Å². The lowest BCUT2D eigenvalue weighted by molar-refractivity contribution is -0.132. The third-order valence-electron chi connectivity index (χ3n) is 7.96. The van der Waals surface area contributed by atoms with Gasteiger partial charge >= 0.3 is 0 Å². The summed E-state index contributed by atoms with van der Waals surface area (Å²) in [5.74, 6) is 1.26. The Labute approximate surface area is 248 Å². The fourth-order valence-corrected chi connectivity index (χ4v) is 5.94. The number of hydrogen-bond donors (Lipinski definition) is 2. The molecule has 10 nitrogen and oxygen atoms in total. The summed E-state index contributed by atoms with van der Waals surface area (Å²) in [5.41, 5.74) is 2.64. The fraction of sp³-hybridized carbons (Fsp3) is 0.414. The van der Waals surface area contributed by atoms with Gasteiger partial charge in [-0.2, -0.15) is 0 Å². The van der Waals surface area contributed by atoms with Crippen LogP contribution in [-0.2, 0) is 4.79 Å². The van der Waals surface area contributed by atoms with E-state index in [1.54, 1.807) is 12.1 Å². The number of aromatic amines is 1. The molecule has 2 aromatic heterocycles. The molecule has 1 atom stereocenters. The van der Waals surface area contributed by atoms with E-state index in [2.05, 4.69) is 32.2 Å². The second-order valence-electron chi connectivity index (χ2n) is 10.8. The smallest absolute Gasteiger partial charge is 0.255 e. The van der Waals surface area contributed by atoms with E-state index in [-0.39, 0.29) is 17.9 Å². The molecule has 4 heterocycles. The first kappa shape index (κ1) is 27.7. The van der Waals surface area contributed by atoms with Gasteiger partial charge in [0.2, 0.25) is 5.91 Å². The van der Waals surface area contributed by atoms with Gasteiger partial charge in [0.1, 0.15) is 18.0 Å². The number of nitrogens with one attached hydrogen (secondary N) is 2.